The molecule has 34 heavy (non-hydrogen) atoms. The Bertz CT molecular complexity index is 1170. The summed E-state index contributed by atoms with van der Waals surface area (Å²) < 4.78 is 30.4. The molecule has 8 nitrogen and oxygen atoms in total. The fourth-order valence-corrected chi connectivity index (χ4v) is 4.11. The third-order valence-electron chi connectivity index (χ3n) is 5.93. The predicted octanol–water partition coefficient (Wildman–Crippen LogP) is 2.42. The summed E-state index contributed by atoms with van der Waals surface area (Å²) in [6, 6.07) is 9.24. The number of hydrogen-bond acceptors (Lipinski definition) is 6. The van der Waals surface area contributed by atoms with Gasteiger partial charge in [0.05, 0.1) is 19.1 Å². The third-order valence-corrected chi connectivity index (χ3v) is 5.93. The van der Waals surface area contributed by atoms with E-state index in [4.69, 9.17) is 22.1 Å². The Balaban J connectivity index is 1.60. The van der Waals surface area contributed by atoms with Gasteiger partial charge >= 0.3 is 5.97 Å². The smallest absolute Gasteiger partial charge is 0.307 e. The van der Waals surface area contributed by atoms with Crippen molar-refractivity contribution in [3.8, 4) is 11.5 Å². The summed E-state index contributed by atoms with van der Waals surface area (Å²) in [5.74, 6) is -1.22. The summed E-state index contributed by atoms with van der Waals surface area (Å²) in [5, 5.41) is 2.60. The first-order chi connectivity index (χ1) is 16.0. The van der Waals surface area contributed by atoms with E-state index in [9.17, 15) is 18.8 Å². The zero-order chi connectivity index (χ0) is 24.7. The number of carbonyl (C=O) groups is 3. The molecule has 2 aromatic rings. The number of ether oxygens (including phenoxy) is 3. The van der Waals surface area contributed by atoms with E-state index >= 15 is 0 Å². The van der Waals surface area contributed by atoms with E-state index in [0.717, 1.165) is 0 Å². The van der Waals surface area contributed by atoms with E-state index in [2.05, 4.69) is 5.32 Å². The molecule has 2 radical (unpaired) electrons. The number of hydrogen-bond donors (Lipinski definition) is 1. The van der Waals surface area contributed by atoms with Crippen molar-refractivity contribution in [3.63, 3.8) is 0 Å². The van der Waals surface area contributed by atoms with Gasteiger partial charge in [0.25, 0.3) is 5.91 Å². The number of benzene rings is 2. The molecule has 1 N–H and O–H groups in total. The number of cyclic esters (lactones) is 1. The molecule has 4 rings (SSSR count). The predicted molar refractivity (Wildman–Crippen MR) is 120 cm³/mol. The molecule has 2 aromatic carbocycles. The van der Waals surface area contributed by atoms with Crippen LogP contribution in [0.15, 0.2) is 36.4 Å². The zero-order valence-electron chi connectivity index (χ0n) is 19.1. The van der Waals surface area contributed by atoms with Gasteiger partial charge in [0, 0.05) is 23.1 Å². The number of nitrogens with zero attached hydrogens (tertiary/aromatic N) is 1. The largest absolute Gasteiger partial charge is 0.497 e. The lowest BCUT2D eigenvalue weighted by Gasteiger charge is -2.42. The van der Waals surface area contributed by atoms with Gasteiger partial charge in [-0.15, -0.1) is 0 Å². The Morgan fingerprint density at radius 2 is 1.97 bits per heavy atom. The van der Waals surface area contributed by atoms with E-state index in [1.165, 1.54) is 44.1 Å². The van der Waals surface area contributed by atoms with Crippen molar-refractivity contribution in [2.45, 2.75) is 51.0 Å². The van der Waals surface area contributed by atoms with Crippen molar-refractivity contribution >= 4 is 25.6 Å². The Kier molecular flexibility index (Phi) is 6.01. The van der Waals surface area contributed by atoms with Gasteiger partial charge < -0.3 is 24.4 Å². The van der Waals surface area contributed by atoms with Crippen molar-refractivity contribution in [1.82, 2.24) is 10.2 Å². The molecule has 2 aliphatic rings. The first-order valence-electron chi connectivity index (χ1n) is 10.8. The first-order valence-corrected chi connectivity index (χ1v) is 10.8. The van der Waals surface area contributed by atoms with Crippen LogP contribution in [0.1, 0.15) is 48.2 Å². The van der Waals surface area contributed by atoms with Crippen LogP contribution in [0.4, 0.5) is 4.39 Å². The molecule has 10 heteroatoms. The topological polar surface area (TPSA) is 94.2 Å². The van der Waals surface area contributed by atoms with Crippen molar-refractivity contribution in [2.75, 3.05) is 7.11 Å². The molecule has 1 atom stereocenters. The molecule has 176 valence electrons. The minimum Gasteiger partial charge on any atom is -0.497 e. The molecule has 0 spiro atoms. The Labute approximate surface area is 197 Å². The molecule has 0 saturated carbocycles. The normalized spacial score (nSPS) is 21.8. The summed E-state index contributed by atoms with van der Waals surface area (Å²) in [4.78, 5) is 39.7. The standard InChI is InChI=1S/C24H24BFN2O6/c1-23(2)27-22(31)24(25,10-9-20(29)34-23)28-12-17-16(21(28)30)5-4-6-19(17)33-13-14-11-15(32-3)7-8-18(14)26/h4-8,11H,9-10,12-13H2,1-3H3,(H,27,31). The summed E-state index contributed by atoms with van der Waals surface area (Å²) >= 11 is 0. The van der Waals surface area contributed by atoms with Crippen LogP contribution in [0, 0.1) is 5.82 Å². The highest BCUT2D eigenvalue weighted by molar-refractivity contribution is 6.30. The van der Waals surface area contributed by atoms with Gasteiger partial charge in [-0.05, 0) is 50.6 Å². The molecule has 0 aliphatic carbocycles. The lowest BCUT2D eigenvalue weighted by atomic mass is 9.71. The van der Waals surface area contributed by atoms with Gasteiger partial charge in [-0.1, -0.05) is 6.07 Å². The maximum Gasteiger partial charge on any atom is 0.307 e. The van der Waals surface area contributed by atoms with Crippen molar-refractivity contribution in [1.29, 1.82) is 0 Å². The van der Waals surface area contributed by atoms with Gasteiger partial charge in [-0.25, -0.2) is 4.39 Å². The van der Waals surface area contributed by atoms with Crippen LogP contribution in [-0.4, -0.2) is 48.8 Å². The second kappa shape index (κ2) is 8.66. The molecule has 1 saturated heterocycles. The summed E-state index contributed by atoms with van der Waals surface area (Å²) in [7, 11) is 7.96. The molecular formula is C24H24BFN2O6. The van der Waals surface area contributed by atoms with E-state index in [1.54, 1.807) is 18.2 Å². The fourth-order valence-electron chi connectivity index (χ4n) is 4.11. The fraction of sp³-hybridized carbons (Fsp3) is 0.375. The van der Waals surface area contributed by atoms with Gasteiger partial charge in [0.15, 0.2) is 5.72 Å². The minimum atomic E-state index is -1.77. The van der Waals surface area contributed by atoms with Crippen LogP contribution in [0.2, 0.25) is 0 Å². The highest BCUT2D eigenvalue weighted by Crippen LogP contribution is 2.37. The van der Waals surface area contributed by atoms with E-state index < -0.39 is 34.8 Å². The van der Waals surface area contributed by atoms with E-state index in [0.29, 0.717) is 22.6 Å². The second-order valence-corrected chi connectivity index (χ2v) is 8.78. The van der Waals surface area contributed by atoms with Crippen LogP contribution < -0.4 is 14.8 Å². The maximum absolute atomic E-state index is 14.2. The van der Waals surface area contributed by atoms with E-state index in [1.807, 2.05) is 0 Å². The van der Waals surface area contributed by atoms with Gasteiger partial charge in [0.2, 0.25) is 5.91 Å². The molecule has 0 bridgehead atoms. The number of esters is 1. The minimum absolute atomic E-state index is 0.00959. The third kappa shape index (κ3) is 4.32. The number of amides is 2. The number of methoxy groups -OCH3 is 1. The summed E-state index contributed by atoms with van der Waals surface area (Å²) in [5.41, 5.74) is -1.91. The highest BCUT2D eigenvalue weighted by atomic mass is 19.1. The molecular weight excluding hydrogens is 442 g/mol. The Morgan fingerprint density at radius 3 is 2.71 bits per heavy atom. The van der Waals surface area contributed by atoms with Gasteiger partial charge in [-0.3, -0.25) is 14.4 Å². The second-order valence-electron chi connectivity index (χ2n) is 8.78. The first kappa shape index (κ1) is 23.6. The lowest BCUT2D eigenvalue weighted by molar-refractivity contribution is -0.166. The quantitative estimate of drug-likeness (QED) is 0.538. The molecule has 0 aromatic heterocycles. The molecule has 1 unspecified atom stereocenters. The average Bonchev–Trinajstić information content (AvgIpc) is 3.13. The number of nitrogens with one attached hydrogen (secondary N) is 1. The number of halogens is 1. The summed E-state index contributed by atoms with van der Waals surface area (Å²) in [6.45, 7) is 2.95. The molecule has 2 aliphatic heterocycles. The lowest BCUT2D eigenvalue weighted by Crippen LogP contribution is -2.64. The SMILES string of the molecule is [B]C1(N2Cc3c(OCc4cc(OC)ccc4F)cccc3C2=O)CCC(=O)OC(C)(C)NC1=O. The Morgan fingerprint density at radius 1 is 1.21 bits per heavy atom. The van der Waals surface area contributed by atoms with Gasteiger partial charge in [0.1, 0.15) is 31.8 Å². The van der Waals surface area contributed by atoms with Crippen LogP contribution in [0.25, 0.3) is 0 Å². The van der Waals surface area contributed by atoms with Gasteiger partial charge in [-0.2, -0.15) is 0 Å². The van der Waals surface area contributed by atoms with Crippen LogP contribution in [-0.2, 0) is 27.5 Å². The average molecular weight is 466 g/mol. The number of fused-ring (bicyclic) bond motifs is 1. The number of rotatable bonds is 5. The monoisotopic (exact) mass is 466 g/mol. The number of carbonyl (C=O) groups excluding carboxylic acids is 3. The molecule has 2 heterocycles. The summed E-state index contributed by atoms with van der Waals surface area (Å²) in [6.07, 6.45) is -0.245. The van der Waals surface area contributed by atoms with Crippen molar-refractivity contribution in [2.24, 2.45) is 0 Å². The van der Waals surface area contributed by atoms with Crippen molar-refractivity contribution < 1.29 is 33.0 Å². The Hall–Kier alpha value is -3.56. The zero-order valence-corrected chi connectivity index (χ0v) is 19.1. The van der Waals surface area contributed by atoms with Crippen molar-refractivity contribution in [3.05, 3.63) is 58.9 Å². The molecule has 1 fully saturated rings. The van der Waals surface area contributed by atoms with Crippen LogP contribution >= 0.6 is 0 Å². The maximum atomic E-state index is 14.2. The van der Waals surface area contributed by atoms with Crippen LogP contribution in [0.5, 0.6) is 11.5 Å². The van der Waals surface area contributed by atoms with E-state index in [-0.39, 0.29) is 31.6 Å². The highest BCUT2D eigenvalue weighted by Gasteiger charge is 2.48. The van der Waals surface area contributed by atoms with Crippen LogP contribution in [0.3, 0.4) is 0 Å². The molecule has 2 amide bonds.